The van der Waals surface area contributed by atoms with Gasteiger partial charge in [0.2, 0.25) is 5.91 Å². The topological polar surface area (TPSA) is 87.2 Å². The number of nitrogens with zero attached hydrogens (tertiary/aromatic N) is 2. The van der Waals surface area contributed by atoms with Crippen LogP contribution in [0.3, 0.4) is 0 Å². The minimum atomic E-state index is -0.882. The van der Waals surface area contributed by atoms with Gasteiger partial charge in [0.05, 0.1) is 5.69 Å². The number of rotatable bonds is 9. The first-order valence-electron chi connectivity index (χ1n) is 9.60. The number of carbonyl (C=O) groups is 3. The predicted octanol–water partition coefficient (Wildman–Crippen LogP) is 2.70. The average Bonchev–Trinajstić information content (AvgIpc) is 2.72. The van der Waals surface area contributed by atoms with E-state index in [1.807, 2.05) is 42.5 Å². The van der Waals surface area contributed by atoms with Crippen LogP contribution in [0.15, 0.2) is 54.6 Å². The third kappa shape index (κ3) is 5.57. The first-order valence-corrected chi connectivity index (χ1v) is 9.60. The van der Waals surface area contributed by atoms with Crippen molar-refractivity contribution in [3.05, 3.63) is 60.2 Å². The van der Waals surface area contributed by atoms with Crippen molar-refractivity contribution in [2.24, 2.45) is 0 Å². The molecule has 0 bridgehead atoms. The van der Waals surface area contributed by atoms with E-state index in [0.29, 0.717) is 30.9 Å². The van der Waals surface area contributed by atoms with Gasteiger partial charge >= 0.3 is 5.97 Å². The van der Waals surface area contributed by atoms with Gasteiger partial charge in [0.25, 0.3) is 5.91 Å². The zero-order valence-corrected chi connectivity index (χ0v) is 16.1. The van der Waals surface area contributed by atoms with Gasteiger partial charge in [-0.3, -0.25) is 14.4 Å². The number of amides is 2. The van der Waals surface area contributed by atoms with Gasteiger partial charge in [0, 0.05) is 32.5 Å². The molecule has 0 spiro atoms. The Balaban J connectivity index is 1.65. The number of hydrogen-bond donors (Lipinski definition) is 1. The summed E-state index contributed by atoms with van der Waals surface area (Å²) in [6, 6.07) is 16.8. The Labute approximate surface area is 169 Å². The zero-order chi connectivity index (χ0) is 20.6. The summed E-state index contributed by atoms with van der Waals surface area (Å²) in [5, 5.41) is 8.89. The number of para-hydroxylation sites is 2. The molecule has 0 atom stereocenters. The second-order valence-corrected chi connectivity index (χ2v) is 6.85. The summed E-state index contributed by atoms with van der Waals surface area (Å²) in [5.41, 5.74) is 1.64. The van der Waals surface area contributed by atoms with E-state index in [1.165, 1.54) is 0 Å². The molecule has 3 rings (SSSR count). The van der Waals surface area contributed by atoms with Crippen molar-refractivity contribution >= 4 is 23.5 Å². The normalized spacial score (nSPS) is 12.8. The van der Waals surface area contributed by atoms with Crippen LogP contribution in [0.4, 0.5) is 5.69 Å². The molecule has 29 heavy (non-hydrogen) atoms. The molecular formula is C22H24N2O5. The SMILES string of the molecule is O=C(O)CCCN(Cc1ccccc1)C(=O)CCN1C(=O)COc2ccccc21. The van der Waals surface area contributed by atoms with E-state index >= 15 is 0 Å². The van der Waals surface area contributed by atoms with Gasteiger partial charge in [-0.1, -0.05) is 42.5 Å². The summed E-state index contributed by atoms with van der Waals surface area (Å²) in [5.74, 6) is -0.553. The number of hydrogen-bond acceptors (Lipinski definition) is 4. The Bertz CT molecular complexity index is 869. The van der Waals surface area contributed by atoms with E-state index in [0.717, 1.165) is 5.56 Å². The lowest BCUT2D eigenvalue weighted by Gasteiger charge is -2.30. The van der Waals surface area contributed by atoms with Crippen molar-refractivity contribution in [1.82, 2.24) is 4.90 Å². The van der Waals surface area contributed by atoms with Crippen LogP contribution in [0.1, 0.15) is 24.8 Å². The lowest BCUT2D eigenvalue weighted by atomic mass is 10.1. The lowest BCUT2D eigenvalue weighted by molar-refractivity contribution is -0.138. The van der Waals surface area contributed by atoms with Crippen LogP contribution in [0.2, 0.25) is 0 Å². The molecule has 152 valence electrons. The van der Waals surface area contributed by atoms with Gasteiger partial charge in [0.15, 0.2) is 6.61 Å². The van der Waals surface area contributed by atoms with Crippen LogP contribution in [-0.4, -0.2) is 47.5 Å². The molecule has 2 aromatic carbocycles. The van der Waals surface area contributed by atoms with Crippen LogP contribution in [-0.2, 0) is 20.9 Å². The number of anilines is 1. The Morgan fingerprint density at radius 2 is 1.76 bits per heavy atom. The largest absolute Gasteiger partial charge is 0.482 e. The lowest BCUT2D eigenvalue weighted by Crippen LogP contribution is -2.41. The molecule has 0 radical (unpaired) electrons. The standard InChI is InChI=1S/C22H24N2O5/c25-20(12-14-24-18-9-4-5-10-19(18)29-16-21(24)26)23(13-6-11-22(27)28)15-17-7-2-1-3-8-17/h1-5,7-10H,6,11-16H2,(H,27,28). The number of benzene rings is 2. The molecule has 0 aliphatic carbocycles. The van der Waals surface area contributed by atoms with Crippen molar-refractivity contribution in [3.63, 3.8) is 0 Å². The van der Waals surface area contributed by atoms with Gasteiger partial charge in [-0.2, -0.15) is 0 Å². The highest BCUT2D eigenvalue weighted by molar-refractivity contribution is 5.98. The number of carboxylic acids is 1. The second kappa shape index (κ2) is 9.73. The van der Waals surface area contributed by atoms with Gasteiger partial charge in [-0.15, -0.1) is 0 Å². The van der Waals surface area contributed by atoms with Crippen molar-refractivity contribution in [2.45, 2.75) is 25.8 Å². The number of carbonyl (C=O) groups excluding carboxylic acids is 2. The number of ether oxygens (including phenoxy) is 1. The van der Waals surface area contributed by atoms with Crippen LogP contribution in [0.25, 0.3) is 0 Å². The third-order valence-corrected chi connectivity index (χ3v) is 4.75. The maximum Gasteiger partial charge on any atom is 0.303 e. The minimum Gasteiger partial charge on any atom is -0.482 e. The van der Waals surface area contributed by atoms with Gasteiger partial charge in [0.1, 0.15) is 5.75 Å². The Morgan fingerprint density at radius 3 is 2.52 bits per heavy atom. The Kier molecular flexibility index (Phi) is 6.84. The first-order chi connectivity index (χ1) is 14.0. The molecule has 2 aromatic rings. The fraction of sp³-hybridized carbons (Fsp3) is 0.318. The first kappa shape index (κ1) is 20.4. The highest BCUT2D eigenvalue weighted by Crippen LogP contribution is 2.31. The molecule has 1 N–H and O–H groups in total. The Hall–Kier alpha value is -3.35. The van der Waals surface area contributed by atoms with E-state index in [4.69, 9.17) is 9.84 Å². The van der Waals surface area contributed by atoms with Gasteiger partial charge in [-0.25, -0.2) is 0 Å². The minimum absolute atomic E-state index is 0.00783. The molecule has 1 heterocycles. The monoisotopic (exact) mass is 396 g/mol. The Morgan fingerprint density at radius 1 is 1.03 bits per heavy atom. The van der Waals surface area contributed by atoms with E-state index < -0.39 is 5.97 Å². The fourth-order valence-electron chi connectivity index (χ4n) is 3.28. The molecule has 7 heteroatoms. The van der Waals surface area contributed by atoms with E-state index in [1.54, 1.807) is 21.9 Å². The van der Waals surface area contributed by atoms with E-state index in [2.05, 4.69) is 0 Å². The quantitative estimate of drug-likeness (QED) is 0.704. The smallest absolute Gasteiger partial charge is 0.303 e. The molecule has 0 aromatic heterocycles. The number of fused-ring (bicyclic) bond motifs is 1. The van der Waals surface area contributed by atoms with Gasteiger partial charge < -0.3 is 19.6 Å². The number of carboxylic acid groups (broad SMARTS) is 1. The average molecular weight is 396 g/mol. The molecule has 0 saturated heterocycles. The van der Waals surface area contributed by atoms with Crippen LogP contribution < -0.4 is 9.64 Å². The molecule has 1 aliphatic rings. The molecule has 2 amide bonds. The van der Waals surface area contributed by atoms with Crippen molar-refractivity contribution in [3.8, 4) is 5.75 Å². The summed E-state index contributed by atoms with van der Waals surface area (Å²) >= 11 is 0. The van der Waals surface area contributed by atoms with Crippen LogP contribution in [0, 0.1) is 0 Å². The van der Waals surface area contributed by atoms with Gasteiger partial charge in [-0.05, 0) is 24.1 Å². The highest BCUT2D eigenvalue weighted by Gasteiger charge is 2.26. The predicted molar refractivity (Wildman–Crippen MR) is 108 cm³/mol. The van der Waals surface area contributed by atoms with E-state index in [-0.39, 0.29) is 37.8 Å². The molecule has 1 aliphatic heterocycles. The molecule has 7 nitrogen and oxygen atoms in total. The summed E-state index contributed by atoms with van der Waals surface area (Å²) < 4.78 is 5.43. The molecular weight excluding hydrogens is 372 g/mol. The zero-order valence-electron chi connectivity index (χ0n) is 16.1. The van der Waals surface area contributed by atoms with Crippen molar-refractivity contribution < 1.29 is 24.2 Å². The fourth-order valence-corrected chi connectivity index (χ4v) is 3.28. The summed E-state index contributed by atoms with van der Waals surface area (Å²) in [6.45, 7) is 0.973. The summed E-state index contributed by atoms with van der Waals surface area (Å²) in [7, 11) is 0. The number of aliphatic carboxylic acids is 1. The summed E-state index contributed by atoms with van der Waals surface area (Å²) in [6.07, 6.45) is 0.543. The molecule has 0 unspecified atom stereocenters. The van der Waals surface area contributed by atoms with Crippen LogP contribution in [0.5, 0.6) is 5.75 Å². The third-order valence-electron chi connectivity index (χ3n) is 4.75. The van der Waals surface area contributed by atoms with E-state index in [9.17, 15) is 14.4 Å². The van der Waals surface area contributed by atoms with Crippen LogP contribution >= 0.6 is 0 Å². The van der Waals surface area contributed by atoms with Crippen molar-refractivity contribution in [2.75, 3.05) is 24.6 Å². The second-order valence-electron chi connectivity index (χ2n) is 6.85. The van der Waals surface area contributed by atoms with Crippen molar-refractivity contribution in [1.29, 1.82) is 0 Å². The highest BCUT2D eigenvalue weighted by atomic mass is 16.5. The molecule has 0 fully saturated rings. The maximum atomic E-state index is 12.9. The maximum absolute atomic E-state index is 12.9. The summed E-state index contributed by atoms with van der Waals surface area (Å²) in [4.78, 5) is 39.3. The molecule has 0 saturated carbocycles.